The molecule has 1 heterocycles. The molecule has 6 heteroatoms. The van der Waals surface area contributed by atoms with Gasteiger partial charge >= 0.3 is 0 Å². The SMILES string of the molecule is CN1CCCN(S(=O)(=O)Cc2ccc(CCl)cc2)CC1. The van der Waals surface area contributed by atoms with E-state index in [0.29, 0.717) is 19.0 Å². The van der Waals surface area contributed by atoms with Crippen LogP contribution >= 0.6 is 11.6 Å². The Bertz CT molecular complexity index is 531. The number of hydrogen-bond acceptors (Lipinski definition) is 3. The molecule has 0 N–H and O–H groups in total. The summed E-state index contributed by atoms with van der Waals surface area (Å²) < 4.78 is 26.5. The molecule has 0 aromatic heterocycles. The van der Waals surface area contributed by atoms with Gasteiger partial charge in [0.1, 0.15) is 0 Å². The number of halogens is 1. The summed E-state index contributed by atoms with van der Waals surface area (Å²) >= 11 is 5.73. The van der Waals surface area contributed by atoms with Crippen molar-refractivity contribution in [1.82, 2.24) is 9.21 Å². The Kier molecular flexibility index (Phi) is 5.43. The molecule has 112 valence electrons. The van der Waals surface area contributed by atoms with Crippen LogP contribution in [0.25, 0.3) is 0 Å². The molecule has 0 atom stereocenters. The Morgan fingerprint density at radius 2 is 1.70 bits per heavy atom. The minimum absolute atomic E-state index is 0.0687. The molecule has 0 aliphatic carbocycles. The number of sulfonamides is 1. The largest absolute Gasteiger partial charge is 0.305 e. The highest BCUT2D eigenvalue weighted by molar-refractivity contribution is 7.88. The average Bonchev–Trinajstić information content (AvgIpc) is 2.64. The Hall–Kier alpha value is -0.620. The van der Waals surface area contributed by atoms with Crippen LogP contribution in [0.15, 0.2) is 24.3 Å². The lowest BCUT2D eigenvalue weighted by molar-refractivity contribution is 0.347. The van der Waals surface area contributed by atoms with Crippen LogP contribution in [0.5, 0.6) is 0 Å². The fourth-order valence-electron chi connectivity index (χ4n) is 2.33. The van der Waals surface area contributed by atoms with Gasteiger partial charge < -0.3 is 4.90 Å². The molecule has 1 aliphatic rings. The van der Waals surface area contributed by atoms with Crippen molar-refractivity contribution in [3.63, 3.8) is 0 Å². The fourth-order valence-corrected chi connectivity index (χ4v) is 4.07. The average molecular weight is 317 g/mol. The summed E-state index contributed by atoms with van der Waals surface area (Å²) in [6.07, 6.45) is 0.890. The molecule has 0 unspecified atom stereocenters. The van der Waals surface area contributed by atoms with E-state index < -0.39 is 10.0 Å². The van der Waals surface area contributed by atoms with Crippen molar-refractivity contribution in [1.29, 1.82) is 0 Å². The normalized spacial score (nSPS) is 18.9. The molecule has 1 saturated heterocycles. The first-order valence-corrected chi connectivity index (χ1v) is 8.96. The van der Waals surface area contributed by atoms with Gasteiger partial charge in [-0.25, -0.2) is 12.7 Å². The van der Waals surface area contributed by atoms with Crippen molar-refractivity contribution < 1.29 is 8.42 Å². The zero-order chi connectivity index (χ0) is 14.6. The maximum Gasteiger partial charge on any atom is 0.218 e. The molecule has 0 radical (unpaired) electrons. The molecule has 0 amide bonds. The summed E-state index contributed by atoms with van der Waals surface area (Å²) in [4.78, 5) is 2.17. The van der Waals surface area contributed by atoms with Crippen LogP contribution in [-0.4, -0.2) is 50.8 Å². The molecule has 1 aromatic carbocycles. The van der Waals surface area contributed by atoms with Gasteiger partial charge in [0.05, 0.1) is 5.75 Å². The van der Waals surface area contributed by atoms with E-state index >= 15 is 0 Å². The second-order valence-electron chi connectivity index (χ2n) is 5.26. The van der Waals surface area contributed by atoms with Crippen LogP contribution in [0.4, 0.5) is 0 Å². The number of nitrogens with zero attached hydrogens (tertiary/aromatic N) is 2. The van der Waals surface area contributed by atoms with Crippen molar-refractivity contribution in [3.8, 4) is 0 Å². The molecule has 1 aromatic rings. The van der Waals surface area contributed by atoms with Crippen molar-refractivity contribution in [2.45, 2.75) is 18.1 Å². The zero-order valence-corrected chi connectivity index (χ0v) is 13.3. The highest BCUT2D eigenvalue weighted by atomic mass is 35.5. The molecular weight excluding hydrogens is 296 g/mol. The quantitative estimate of drug-likeness (QED) is 0.797. The van der Waals surface area contributed by atoms with E-state index in [4.69, 9.17) is 11.6 Å². The van der Waals surface area contributed by atoms with Crippen LogP contribution in [0.2, 0.25) is 0 Å². The lowest BCUT2D eigenvalue weighted by Gasteiger charge is -2.20. The maximum absolute atomic E-state index is 12.5. The van der Waals surface area contributed by atoms with E-state index in [1.54, 1.807) is 4.31 Å². The van der Waals surface area contributed by atoms with Crippen LogP contribution in [0.3, 0.4) is 0 Å². The monoisotopic (exact) mass is 316 g/mol. The van der Waals surface area contributed by atoms with E-state index in [1.165, 1.54) is 0 Å². The van der Waals surface area contributed by atoms with Crippen LogP contribution in [-0.2, 0) is 21.7 Å². The number of hydrogen-bond donors (Lipinski definition) is 0. The Morgan fingerprint density at radius 3 is 2.35 bits per heavy atom. The number of benzene rings is 1. The lowest BCUT2D eigenvalue weighted by atomic mass is 10.2. The first-order valence-electron chi connectivity index (χ1n) is 6.81. The topological polar surface area (TPSA) is 40.6 Å². The van der Waals surface area contributed by atoms with E-state index in [9.17, 15) is 8.42 Å². The van der Waals surface area contributed by atoms with Crippen molar-refractivity contribution >= 4 is 21.6 Å². The third-order valence-electron chi connectivity index (χ3n) is 3.60. The summed E-state index contributed by atoms with van der Waals surface area (Å²) in [6, 6.07) is 7.46. The molecule has 2 rings (SSSR count). The highest BCUT2D eigenvalue weighted by Gasteiger charge is 2.24. The Labute approximate surface area is 126 Å². The summed E-state index contributed by atoms with van der Waals surface area (Å²) in [5.74, 6) is 0.519. The first-order chi connectivity index (χ1) is 9.51. The summed E-state index contributed by atoms with van der Waals surface area (Å²) in [7, 11) is -1.20. The van der Waals surface area contributed by atoms with Crippen LogP contribution in [0, 0.1) is 0 Å². The lowest BCUT2D eigenvalue weighted by Crippen LogP contribution is -2.35. The maximum atomic E-state index is 12.5. The summed E-state index contributed by atoms with van der Waals surface area (Å²) in [6.45, 7) is 2.95. The predicted octanol–water partition coefficient (Wildman–Crippen LogP) is 1.89. The molecule has 20 heavy (non-hydrogen) atoms. The van der Waals surface area contributed by atoms with Crippen LogP contribution in [0.1, 0.15) is 17.5 Å². The third-order valence-corrected chi connectivity index (χ3v) is 5.76. The standard InChI is InChI=1S/C14H21ClN2O2S/c1-16-7-2-8-17(10-9-16)20(18,19)12-14-5-3-13(11-15)4-6-14/h3-6H,2,7-12H2,1H3. The molecule has 4 nitrogen and oxygen atoms in total. The molecule has 0 saturated carbocycles. The van der Waals surface area contributed by atoms with Gasteiger partial charge in [-0.05, 0) is 31.1 Å². The van der Waals surface area contributed by atoms with E-state index in [1.807, 2.05) is 31.3 Å². The number of alkyl halides is 1. The number of likely N-dealkylation sites (N-methyl/N-ethyl adjacent to an activating group) is 1. The molecule has 1 fully saturated rings. The molecular formula is C14H21ClN2O2S. The molecule has 0 spiro atoms. The first kappa shape index (κ1) is 15.8. The van der Waals surface area contributed by atoms with Gasteiger partial charge in [-0.15, -0.1) is 11.6 Å². The predicted molar refractivity (Wildman–Crippen MR) is 82.3 cm³/mol. The second kappa shape index (κ2) is 6.89. The van der Waals surface area contributed by atoms with Gasteiger partial charge in [0.15, 0.2) is 0 Å². The van der Waals surface area contributed by atoms with E-state index in [-0.39, 0.29) is 5.75 Å². The van der Waals surface area contributed by atoms with E-state index in [2.05, 4.69) is 4.90 Å². The minimum Gasteiger partial charge on any atom is -0.305 e. The van der Waals surface area contributed by atoms with Crippen molar-refractivity contribution in [3.05, 3.63) is 35.4 Å². The second-order valence-corrected chi connectivity index (χ2v) is 7.50. The Morgan fingerprint density at radius 1 is 1.05 bits per heavy atom. The smallest absolute Gasteiger partial charge is 0.218 e. The minimum atomic E-state index is -3.23. The Balaban J connectivity index is 2.05. The van der Waals surface area contributed by atoms with Crippen LogP contribution < -0.4 is 0 Å². The number of rotatable bonds is 4. The van der Waals surface area contributed by atoms with Gasteiger partial charge in [-0.3, -0.25) is 0 Å². The summed E-state index contributed by atoms with van der Waals surface area (Å²) in [5.41, 5.74) is 1.82. The van der Waals surface area contributed by atoms with Crippen molar-refractivity contribution in [2.24, 2.45) is 0 Å². The molecule has 1 aliphatic heterocycles. The summed E-state index contributed by atoms with van der Waals surface area (Å²) in [5, 5.41) is 0. The van der Waals surface area contributed by atoms with Gasteiger partial charge in [0, 0.05) is 25.5 Å². The molecule has 0 bridgehead atoms. The van der Waals surface area contributed by atoms with Gasteiger partial charge in [0.25, 0.3) is 0 Å². The zero-order valence-electron chi connectivity index (χ0n) is 11.8. The van der Waals surface area contributed by atoms with Gasteiger partial charge in [-0.1, -0.05) is 24.3 Å². The van der Waals surface area contributed by atoms with E-state index in [0.717, 1.165) is 30.6 Å². The fraction of sp³-hybridized carbons (Fsp3) is 0.571. The van der Waals surface area contributed by atoms with Gasteiger partial charge in [-0.2, -0.15) is 0 Å². The van der Waals surface area contributed by atoms with Gasteiger partial charge in [0.2, 0.25) is 10.0 Å². The van der Waals surface area contributed by atoms with Crippen molar-refractivity contribution in [2.75, 3.05) is 33.2 Å². The highest BCUT2D eigenvalue weighted by Crippen LogP contribution is 2.15. The third kappa shape index (κ3) is 4.19.